The molecule has 11 heteroatoms. The molecule has 32 heavy (non-hydrogen) atoms. The molecule has 0 radical (unpaired) electrons. The van der Waals surface area contributed by atoms with Crippen molar-refractivity contribution < 1.29 is 31.2 Å². The monoisotopic (exact) mass is 469 g/mol. The van der Waals surface area contributed by atoms with E-state index < -0.39 is 45.8 Å². The molecule has 0 saturated heterocycles. The van der Waals surface area contributed by atoms with E-state index in [1.165, 1.54) is 29.6 Å². The van der Waals surface area contributed by atoms with Crippen LogP contribution in [-0.4, -0.2) is 51.0 Å². The van der Waals surface area contributed by atoms with Crippen LogP contribution in [0.1, 0.15) is 28.4 Å². The van der Waals surface area contributed by atoms with Crippen LogP contribution in [0.3, 0.4) is 0 Å². The first-order valence-corrected chi connectivity index (χ1v) is 11.5. The molecule has 2 amide bonds. The number of fused-ring (bicyclic) bond motifs is 1. The number of sulfonamides is 1. The van der Waals surface area contributed by atoms with Crippen LogP contribution in [-0.2, 0) is 27.4 Å². The van der Waals surface area contributed by atoms with Crippen molar-refractivity contribution in [2.45, 2.75) is 25.6 Å². The second kappa shape index (κ2) is 8.45. The third-order valence-corrected chi connectivity index (χ3v) is 6.34. The van der Waals surface area contributed by atoms with Gasteiger partial charge in [-0.3, -0.25) is 13.9 Å². The van der Waals surface area contributed by atoms with Gasteiger partial charge in [-0.2, -0.15) is 13.2 Å². The molecule has 1 aliphatic heterocycles. The van der Waals surface area contributed by atoms with E-state index in [0.29, 0.717) is 17.7 Å². The van der Waals surface area contributed by atoms with E-state index >= 15 is 0 Å². The Bertz CT molecular complexity index is 1170. The highest BCUT2D eigenvalue weighted by molar-refractivity contribution is 7.92. The Hall–Kier alpha value is -3.08. The molecule has 1 atom stereocenters. The molecule has 0 saturated carbocycles. The summed E-state index contributed by atoms with van der Waals surface area (Å²) < 4.78 is 64.6. The van der Waals surface area contributed by atoms with Gasteiger partial charge in [-0.1, -0.05) is 12.1 Å². The van der Waals surface area contributed by atoms with Crippen molar-refractivity contribution in [3.8, 4) is 0 Å². The number of hydrogen-bond acceptors (Lipinski definition) is 4. The molecule has 172 valence electrons. The van der Waals surface area contributed by atoms with Crippen molar-refractivity contribution in [3.63, 3.8) is 0 Å². The second-order valence-electron chi connectivity index (χ2n) is 7.71. The topological polar surface area (TPSA) is 86.8 Å². The lowest BCUT2D eigenvalue weighted by Gasteiger charge is -2.22. The lowest BCUT2D eigenvalue weighted by atomic mass is 10.1. The zero-order valence-corrected chi connectivity index (χ0v) is 18.4. The van der Waals surface area contributed by atoms with E-state index in [1.807, 2.05) is 0 Å². The summed E-state index contributed by atoms with van der Waals surface area (Å²) in [5, 5.41) is 2.20. The number of hydrogen-bond donors (Lipinski definition) is 1. The predicted molar refractivity (Wildman–Crippen MR) is 114 cm³/mol. The number of carbonyl (C=O) groups excluding carboxylic acids is 2. The normalized spacial score (nSPS) is 15.9. The Morgan fingerprint density at radius 1 is 1.19 bits per heavy atom. The summed E-state index contributed by atoms with van der Waals surface area (Å²) in [6, 6.07) is 8.87. The van der Waals surface area contributed by atoms with Gasteiger partial charge in [0.2, 0.25) is 15.9 Å². The summed E-state index contributed by atoms with van der Waals surface area (Å²) in [7, 11) is -2.11. The van der Waals surface area contributed by atoms with E-state index in [4.69, 9.17) is 0 Å². The van der Waals surface area contributed by atoms with E-state index in [1.54, 1.807) is 19.1 Å². The van der Waals surface area contributed by atoms with Gasteiger partial charge in [-0.25, -0.2) is 8.42 Å². The Morgan fingerprint density at radius 2 is 1.84 bits per heavy atom. The largest absolute Gasteiger partial charge is 0.418 e. The molecule has 2 aromatic rings. The van der Waals surface area contributed by atoms with Crippen molar-refractivity contribution in [2.75, 3.05) is 29.5 Å². The minimum atomic E-state index is -4.63. The average Bonchev–Trinajstić information content (AvgIpc) is 3.01. The standard InChI is InChI=1S/C21H22F3N3O4S/c1-13-10-15-11-14(8-9-18(15)27(13)32(3,30)31)20(29)26(2)12-19(28)25-17-7-5-4-6-16(17)21(22,23)24/h4-9,11,13H,10,12H2,1-3H3,(H,25,28)/t13-/m1/s1. The van der Waals surface area contributed by atoms with Crippen LogP contribution in [0.4, 0.5) is 24.5 Å². The Kier molecular flexibility index (Phi) is 6.23. The Balaban J connectivity index is 1.72. The number of benzene rings is 2. The number of nitrogens with zero attached hydrogens (tertiary/aromatic N) is 2. The van der Waals surface area contributed by atoms with Gasteiger partial charge in [0.05, 0.1) is 29.7 Å². The summed E-state index contributed by atoms with van der Waals surface area (Å²) >= 11 is 0. The van der Waals surface area contributed by atoms with Crippen LogP contribution in [0.5, 0.6) is 0 Å². The van der Waals surface area contributed by atoms with Crippen molar-refractivity contribution in [3.05, 3.63) is 59.2 Å². The highest BCUT2D eigenvalue weighted by Gasteiger charge is 2.34. The van der Waals surface area contributed by atoms with Crippen LogP contribution in [0, 0.1) is 0 Å². The number of rotatable bonds is 5. The summed E-state index contributed by atoms with van der Waals surface area (Å²) in [6.45, 7) is 1.30. The maximum atomic E-state index is 13.1. The van der Waals surface area contributed by atoms with E-state index in [2.05, 4.69) is 5.32 Å². The lowest BCUT2D eigenvalue weighted by molar-refractivity contribution is -0.137. The lowest BCUT2D eigenvalue weighted by Crippen LogP contribution is -2.35. The first-order chi connectivity index (χ1) is 14.8. The smallest absolute Gasteiger partial charge is 0.332 e. The number of likely N-dealkylation sites (N-methyl/N-ethyl adjacent to an activating group) is 1. The minimum absolute atomic E-state index is 0.247. The molecule has 1 heterocycles. The van der Waals surface area contributed by atoms with Gasteiger partial charge in [-0.05, 0) is 49.2 Å². The molecule has 7 nitrogen and oxygen atoms in total. The molecule has 3 rings (SSSR count). The molecule has 0 spiro atoms. The predicted octanol–water partition coefficient (Wildman–Crippen LogP) is 3.13. The fourth-order valence-corrected chi connectivity index (χ4v) is 5.04. The third kappa shape index (κ3) is 4.87. The highest BCUT2D eigenvalue weighted by Crippen LogP contribution is 2.35. The molecule has 1 N–H and O–H groups in total. The summed E-state index contributed by atoms with van der Waals surface area (Å²) in [5.41, 5.74) is 0.0625. The van der Waals surface area contributed by atoms with E-state index in [0.717, 1.165) is 23.3 Å². The average molecular weight is 469 g/mol. The number of halogens is 3. The minimum Gasteiger partial charge on any atom is -0.332 e. The molecule has 0 unspecified atom stereocenters. The van der Waals surface area contributed by atoms with Crippen molar-refractivity contribution >= 4 is 33.2 Å². The third-order valence-electron chi connectivity index (χ3n) is 5.07. The number of amides is 2. The fourth-order valence-electron chi connectivity index (χ4n) is 3.78. The van der Waals surface area contributed by atoms with Crippen LogP contribution in [0.25, 0.3) is 0 Å². The number of nitrogens with one attached hydrogen (secondary N) is 1. The summed E-state index contributed by atoms with van der Waals surface area (Å²) in [6.07, 6.45) is -3.09. The SMILES string of the molecule is C[C@@H]1Cc2cc(C(=O)N(C)CC(=O)Nc3ccccc3C(F)(F)F)ccc2N1S(C)(=O)=O. The van der Waals surface area contributed by atoms with Crippen molar-refractivity contribution in [1.29, 1.82) is 0 Å². The number of alkyl halides is 3. The van der Waals surface area contributed by atoms with Gasteiger partial charge in [0.15, 0.2) is 0 Å². The van der Waals surface area contributed by atoms with Gasteiger partial charge in [-0.15, -0.1) is 0 Å². The van der Waals surface area contributed by atoms with Gasteiger partial charge in [0.25, 0.3) is 5.91 Å². The first kappa shape index (κ1) is 23.6. The number of carbonyl (C=O) groups is 2. The van der Waals surface area contributed by atoms with E-state index in [9.17, 15) is 31.2 Å². The van der Waals surface area contributed by atoms with Crippen LogP contribution >= 0.6 is 0 Å². The quantitative estimate of drug-likeness (QED) is 0.729. The number of anilines is 2. The van der Waals surface area contributed by atoms with Gasteiger partial charge in [0, 0.05) is 18.7 Å². The van der Waals surface area contributed by atoms with Gasteiger partial charge < -0.3 is 10.2 Å². The first-order valence-electron chi connectivity index (χ1n) is 9.63. The molecule has 0 aliphatic carbocycles. The molecular formula is C21H22F3N3O4S. The number of para-hydroxylation sites is 1. The fraction of sp³-hybridized carbons (Fsp3) is 0.333. The second-order valence-corrected chi connectivity index (χ2v) is 9.57. The van der Waals surface area contributed by atoms with Crippen LogP contribution in [0.2, 0.25) is 0 Å². The molecular weight excluding hydrogens is 447 g/mol. The molecule has 0 fully saturated rings. The van der Waals surface area contributed by atoms with Crippen molar-refractivity contribution in [1.82, 2.24) is 4.90 Å². The molecule has 1 aliphatic rings. The van der Waals surface area contributed by atoms with Crippen molar-refractivity contribution in [2.24, 2.45) is 0 Å². The van der Waals surface area contributed by atoms with E-state index in [-0.39, 0.29) is 11.6 Å². The maximum Gasteiger partial charge on any atom is 0.418 e. The van der Waals surface area contributed by atoms with Gasteiger partial charge in [0.1, 0.15) is 0 Å². The molecule has 0 aromatic heterocycles. The van der Waals surface area contributed by atoms with Gasteiger partial charge >= 0.3 is 6.18 Å². The summed E-state index contributed by atoms with van der Waals surface area (Å²) in [4.78, 5) is 26.1. The zero-order chi connectivity index (χ0) is 23.8. The Labute approximate surface area is 183 Å². The zero-order valence-electron chi connectivity index (χ0n) is 17.6. The maximum absolute atomic E-state index is 13.1. The summed E-state index contributed by atoms with van der Waals surface area (Å²) in [5.74, 6) is -1.30. The highest BCUT2D eigenvalue weighted by atomic mass is 32.2. The van der Waals surface area contributed by atoms with Crippen LogP contribution in [0.15, 0.2) is 42.5 Å². The van der Waals surface area contributed by atoms with Crippen LogP contribution < -0.4 is 9.62 Å². The molecule has 2 aromatic carbocycles. The molecule has 0 bridgehead atoms. The Morgan fingerprint density at radius 3 is 2.47 bits per heavy atom.